The Hall–Kier alpha value is -4.13. The normalized spacial score (nSPS) is 17.8. The van der Waals surface area contributed by atoms with Crippen LogP contribution in [0.25, 0.3) is 0 Å². The van der Waals surface area contributed by atoms with Gasteiger partial charge in [-0.15, -0.1) is 12.4 Å². The highest BCUT2D eigenvalue weighted by atomic mass is 35.5. The first kappa shape index (κ1) is 25.5. The highest BCUT2D eigenvalue weighted by Gasteiger charge is 2.62. The molecule has 0 aliphatic carbocycles. The molecule has 2 N–H and O–H groups in total. The summed E-state index contributed by atoms with van der Waals surface area (Å²) in [4.78, 5) is 27.9. The monoisotopic (exact) mass is 541 g/mol. The smallest absolute Gasteiger partial charge is 0.269 e. The van der Waals surface area contributed by atoms with Crippen LogP contribution in [0.4, 0.5) is 5.69 Å². The molecular formula is C30H25Cl2N5O. The van der Waals surface area contributed by atoms with Crippen molar-refractivity contribution in [1.82, 2.24) is 4.90 Å². The zero-order valence-corrected chi connectivity index (χ0v) is 22.1. The van der Waals surface area contributed by atoms with Gasteiger partial charge in [0.2, 0.25) is 11.9 Å². The van der Waals surface area contributed by atoms with Crippen molar-refractivity contribution >= 4 is 47.5 Å². The molecule has 2 heterocycles. The number of carbonyl (C=O) groups excluding carboxylic acids is 1. The maximum absolute atomic E-state index is 14.9. The Morgan fingerprint density at radius 1 is 0.816 bits per heavy atom. The molecule has 1 atom stereocenters. The molecule has 190 valence electrons. The first-order valence-corrected chi connectivity index (χ1v) is 12.4. The molecule has 6 rings (SSSR count). The Morgan fingerprint density at radius 2 is 1.37 bits per heavy atom. The quantitative estimate of drug-likeness (QED) is 0.342. The molecule has 2 aliphatic heterocycles. The zero-order chi connectivity index (χ0) is 25.6. The molecule has 4 aromatic rings. The number of aliphatic imine (C=N–C) groups is 2. The number of nitrogens with two attached hydrogens (primary N) is 1. The van der Waals surface area contributed by atoms with Gasteiger partial charge in [0.1, 0.15) is 0 Å². The highest BCUT2D eigenvalue weighted by Crippen LogP contribution is 2.50. The fourth-order valence-electron chi connectivity index (χ4n) is 5.19. The van der Waals surface area contributed by atoms with Gasteiger partial charge in [0, 0.05) is 10.6 Å². The third kappa shape index (κ3) is 3.85. The van der Waals surface area contributed by atoms with E-state index in [-0.39, 0.29) is 24.3 Å². The molecule has 1 fully saturated rings. The van der Waals surface area contributed by atoms with Crippen molar-refractivity contribution in [3.05, 3.63) is 136 Å². The van der Waals surface area contributed by atoms with Crippen LogP contribution in [0, 0.1) is 6.92 Å². The molecule has 1 amide bonds. The van der Waals surface area contributed by atoms with E-state index in [1.54, 1.807) is 4.90 Å². The predicted molar refractivity (Wildman–Crippen MR) is 155 cm³/mol. The number of carbonyl (C=O) groups is 1. The fourth-order valence-corrected chi connectivity index (χ4v) is 5.43. The summed E-state index contributed by atoms with van der Waals surface area (Å²) in [7, 11) is 0. The Bertz CT molecular complexity index is 1500. The average molecular weight is 542 g/mol. The molecule has 1 unspecified atom stereocenters. The number of aryl methyl sites for hydroxylation is 1. The van der Waals surface area contributed by atoms with E-state index in [0.717, 1.165) is 22.3 Å². The fraction of sp³-hybridized carbons (Fsp3) is 0.100. The minimum atomic E-state index is -1.28. The van der Waals surface area contributed by atoms with Crippen LogP contribution in [0.5, 0.6) is 0 Å². The van der Waals surface area contributed by atoms with E-state index >= 15 is 0 Å². The SMILES string of the molecule is Cc1ccc(N2C(=O)C(c3ccccc3)(c3ccccc3)N3C2=NC(N)=NC3c2ccccc2Cl)cc1.Cl. The number of hydrogen-bond acceptors (Lipinski definition) is 5. The molecule has 1 saturated heterocycles. The lowest BCUT2D eigenvalue weighted by atomic mass is 9.80. The Kier molecular flexibility index (Phi) is 6.69. The van der Waals surface area contributed by atoms with E-state index < -0.39 is 11.7 Å². The van der Waals surface area contributed by atoms with Gasteiger partial charge in [-0.05, 0) is 36.2 Å². The summed E-state index contributed by atoms with van der Waals surface area (Å²) in [5, 5.41) is 0.529. The van der Waals surface area contributed by atoms with Crippen molar-refractivity contribution in [2.24, 2.45) is 15.7 Å². The number of nitrogens with zero attached hydrogens (tertiary/aromatic N) is 4. The standard InChI is InChI=1S/C30H24ClN5O.ClH/c1-20-16-18-23(19-17-20)35-27(37)30(21-10-4-2-5-11-21,22-12-6-3-7-13-22)36-26(33-28(32)34-29(35)36)24-14-8-9-15-25(24)31;/h2-19,26H,1H3,(H2,32,33);1H. The third-order valence-corrected chi connectivity index (χ3v) is 7.21. The summed E-state index contributed by atoms with van der Waals surface area (Å²) in [5.74, 6) is 0.312. The first-order chi connectivity index (χ1) is 18.0. The molecule has 0 bridgehead atoms. The maximum Gasteiger partial charge on any atom is 0.269 e. The van der Waals surface area contributed by atoms with Gasteiger partial charge in [-0.2, -0.15) is 4.99 Å². The van der Waals surface area contributed by atoms with Crippen LogP contribution in [0.15, 0.2) is 119 Å². The van der Waals surface area contributed by atoms with Crippen LogP contribution in [-0.2, 0) is 10.3 Å². The number of hydrogen-bond donors (Lipinski definition) is 1. The molecule has 0 spiro atoms. The lowest BCUT2D eigenvalue weighted by Gasteiger charge is -2.42. The number of halogens is 2. The second-order valence-electron chi connectivity index (χ2n) is 9.08. The predicted octanol–water partition coefficient (Wildman–Crippen LogP) is 6.05. The summed E-state index contributed by atoms with van der Waals surface area (Å²) in [6, 6.07) is 34.8. The molecule has 8 heteroatoms. The summed E-state index contributed by atoms with van der Waals surface area (Å²) in [5.41, 5.74) is 9.12. The second-order valence-corrected chi connectivity index (χ2v) is 9.49. The van der Waals surface area contributed by atoms with Gasteiger partial charge in [-0.3, -0.25) is 9.69 Å². The summed E-state index contributed by atoms with van der Waals surface area (Å²) in [6.45, 7) is 2.01. The third-order valence-electron chi connectivity index (χ3n) is 6.86. The van der Waals surface area contributed by atoms with Crippen molar-refractivity contribution < 1.29 is 4.79 Å². The largest absolute Gasteiger partial charge is 0.368 e. The van der Waals surface area contributed by atoms with Crippen molar-refractivity contribution in [1.29, 1.82) is 0 Å². The van der Waals surface area contributed by atoms with Crippen molar-refractivity contribution in [3.8, 4) is 0 Å². The Labute approximate surface area is 232 Å². The minimum Gasteiger partial charge on any atom is -0.368 e. The molecule has 0 saturated carbocycles. The van der Waals surface area contributed by atoms with Crippen LogP contribution in [0.3, 0.4) is 0 Å². The van der Waals surface area contributed by atoms with Crippen LogP contribution in [0.2, 0.25) is 5.02 Å². The van der Waals surface area contributed by atoms with Crippen molar-refractivity contribution in [2.75, 3.05) is 4.90 Å². The Morgan fingerprint density at radius 3 is 1.95 bits per heavy atom. The van der Waals surface area contributed by atoms with Crippen LogP contribution in [0.1, 0.15) is 28.4 Å². The van der Waals surface area contributed by atoms with Gasteiger partial charge < -0.3 is 5.73 Å². The molecule has 6 nitrogen and oxygen atoms in total. The van der Waals surface area contributed by atoms with E-state index in [1.165, 1.54) is 0 Å². The molecule has 38 heavy (non-hydrogen) atoms. The number of guanidine groups is 2. The number of rotatable bonds is 4. The van der Waals surface area contributed by atoms with Gasteiger partial charge in [-0.1, -0.05) is 108 Å². The Balaban J connectivity index is 0.00000294. The van der Waals surface area contributed by atoms with Gasteiger partial charge in [-0.25, -0.2) is 9.89 Å². The zero-order valence-electron chi connectivity index (χ0n) is 20.5. The van der Waals surface area contributed by atoms with Crippen LogP contribution >= 0.6 is 24.0 Å². The van der Waals surface area contributed by atoms with Crippen molar-refractivity contribution in [2.45, 2.75) is 18.6 Å². The van der Waals surface area contributed by atoms with Crippen LogP contribution in [-0.4, -0.2) is 22.7 Å². The summed E-state index contributed by atoms with van der Waals surface area (Å²) in [6.07, 6.45) is -0.694. The van der Waals surface area contributed by atoms with E-state index in [1.807, 2.05) is 121 Å². The molecule has 0 aromatic heterocycles. The summed E-state index contributed by atoms with van der Waals surface area (Å²) < 4.78 is 0. The lowest BCUT2D eigenvalue weighted by molar-refractivity contribution is -0.124. The first-order valence-electron chi connectivity index (χ1n) is 12.0. The van der Waals surface area contributed by atoms with Gasteiger partial charge in [0.15, 0.2) is 11.7 Å². The molecule has 0 radical (unpaired) electrons. The van der Waals surface area contributed by atoms with Crippen LogP contribution < -0.4 is 10.6 Å². The van der Waals surface area contributed by atoms with E-state index in [0.29, 0.717) is 16.7 Å². The number of amides is 1. The number of anilines is 1. The highest BCUT2D eigenvalue weighted by molar-refractivity contribution is 6.32. The van der Waals surface area contributed by atoms with E-state index in [9.17, 15) is 4.79 Å². The van der Waals surface area contributed by atoms with E-state index in [4.69, 9.17) is 22.3 Å². The maximum atomic E-state index is 14.9. The number of benzene rings is 4. The van der Waals surface area contributed by atoms with Gasteiger partial charge in [0.05, 0.1) is 5.69 Å². The van der Waals surface area contributed by atoms with Gasteiger partial charge >= 0.3 is 0 Å². The van der Waals surface area contributed by atoms with E-state index in [2.05, 4.69) is 4.99 Å². The summed E-state index contributed by atoms with van der Waals surface area (Å²) >= 11 is 6.71. The van der Waals surface area contributed by atoms with Crippen molar-refractivity contribution in [3.63, 3.8) is 0 Å². The molecular weight excluding hydrogens is 517 g/mol. The average Bonchev–Trinajstić information content (AvgIpc) is 3.18. The minimum absolute atomic E-state index is 0. The molecule has 4 aromatic carbocycles. The van der Waals surface area contributed by atoms with Gasteiger partial charge in [0.25, 0.3) is 5.91 Å². The molecule has 2 aliphatic rings. The topological polar surface area (TPSA) is 74.3 Å². The second kappa shape index (κ2) is 9.97. The number of fused-ring (bicyclic) bond motifs is 1. The lowest BCUT2D eigenvalue weighted by Crippen LogP contribution is -2.51.